The Labute approximate surface area is 119 Å². The van der Waals surface area contributed by atoms with Crippen LogP contribution in [-0.2, 0) is 0 Å². The fourth-order valence-corrected chi connectivity index (χ4v) is 1.95. The van der Waals surface area contributed by atoms with Gasteiger partial charge in [0.1, 0.15) is 11.7 Å². The van der Waals surface area contributed by atoms with Gasteiger partial charge in [-0.05, 0) is 25.0 Å². The summed E-state index contributed by atoms with van der Waals surface area (Å²) < 4.78 is 13.4. The summed E-state index contributed by atoms with van der Waals surface area (Å²) in [5, 5.41) is 8.84. The van der Waals surface area contributed by atoms with Gasteiger partial charge in [-0.25, -0.2) is 4.39 Å². The molecule has 2 rings (SSSR count). The number of benzene rings is 1. The topological polar surface area (TPSA) is 53.2 Å². The summed E-state index contributed by atoms with van der Waals surface area (Å²) in [5.41, 5.74) is -0.0580. The monoisotopic (exact) mass is 298 g/mol. The minimum absolute atomic E-state index is 0.0245. The average molecular weight is 299 g/mol. The SMILES string of the molecule is N#CC(C=NC1CC1)C(=O)c1cc(F)c(Cl)cc1Cl. The molecule has 19 heavy (non-hydrogen) atoms. The third-order valence-corrected chi connectivity index (χ3v) is 3.29. The molecule has 0 N–H and O–H groups in total. The van der Waals surface area contributed by atoms with E-state index in [1.54, 1.807) is 0 Å². The molecule has 6 heteroatoms. The highest BCUT2D eigenvalue weighted by molar-refractivity contribution is 6.37. The van der Waals surface area contributed by atoms with Crippen molar-refractivity contribution >= 4 is 35.2 Å². The Balaban J connectivity index is 2.26. The minimum Gasteiger partial charge on any atom is -0.292 e. The maximum atomic E-state index is 13.4. The number of carbonyl (C=O) groups is 1. The molecule has 1 aliphatic carbocycles. The number of ketones is 1. The lowest BCUT2D eigenvalue weighted by molar-refractivity contribution is 0.0976. The Kier molecular flexibility index (Phi) is 4.18. The molecule has 0 aliphatic heterocycles. The van der Waals surface area contributed by atoms with E-state index in [2.05, 4.69) is 4.99 Å². The van der Waals surface area contributed by atoms with Crippen LogP contribution < -0.4 is 0 Å². The van der Waals surface area contributed by atoms with Crippen molar-refractivity contribution < 1.29 is 9.18 Å². The number of rotatable bonds is 4. The van der Waals surface area contributed by atoms with Gasteiger partial charge in [-0.1, -0.05) is 23.2 Å². The van der Waals surface area contributed by atoms with Crippen LogP contribution in [0.5, 0.6) is 0 Å². The zero-order chi connectivity index (χ0) is 14.0. The van der Waals surface area contributed by atoms with Crippen LogP contribution in [0.15, 0.2) is 17.1 Å². The van der Waals surface area contributed by atoms with Crippen molar-refractivity contribution in [1.29, 1.82) is 5.26 Å². The first-order valence-electron chi connectivity index (χ1n) is 5.64. The molecule has 1 aliphatic rings. The number of nitrogens with zero attached hydrogens (tertiary/aromatic N) is 2. The Bertz CT molecular complexity index is 591. The minimum atomic E-state index is -1.06. The normalized spacial score (nSPS) is 16.3. The molecule has 0 amide bonds. The maximum absolute atomic E-state index is 13.4. The van der Waals surface area contributed by atoms with Gasteiger partial charge in [-0.2, -0.15) is 5.26 Å². The van der Waals surface area contributed by atoms with E-state index in [1.807, 2.05) is 6.07 Å². The molecule has 1 fully saturated rings. The van der Waals surface area contributed by atoms with E-state index in [4.69, 9.17) is 28.5 Å². The highest BCUT2D eigenvalue weighted by atomic mass is 35.5. The van der Waals surface area contributed by atoms with E-state index in [0.717, 1.165) is 25.0 Å². The molecule has 1 atom stereocenters. The summed E-state index contributed by atoms with van der Waals surface area (Å²) in [6.45, 7) is 0. The van der Waals surface area contributed by atoms with Gasteiger partial charge in [-0.15, -0.1) is 0 Å². The van der Waals surface area contributed by atoms with Crippen LogP contribution in [0.2, 0.25) is 10.0 Å². The molecule has 0 bridgehead atoms. The summed E-state index contributed by atoms with van der Waals surface area (Å²) >= 11 is 11.4. The van der Waals surface area contributed by atoms with Crippen molar-refractivity contribution in [3.05, 3.63) is 33.6 Å². The average Bonchev–Trinajstić information content (AvgIpc) is 3.18. The summed E-state index contributed by atoms with van der Waals surface area (Å²) in [6, 6.07) is 4.14. The first-order chi connectivity index (χ1) is 9.02. The van der Waals surface area contributed by atoms with Gasteiger partial charge >= 0.3 is 0 Å². The molecule has 0 spiro atoms. The van der Waals surface area contributed by atoms with Crippen molar-refractivity contribution in [2.45, 2.75) is 18.9 Å². The standard InChI is InChI=1S/C13H9Cl2FN2O/c14-10-4-11(15)12(16)3-9(10)13(19)7(5-17)6-18-8-1-2-8/h3-4,6-8H,1-2H2. The van der Waals surface area contributed by atoms with Gasteiger partial charge < -0.3 is 0 Å². The smallest absolute Gasteiger partial charge is 0.187 e. The van der Waals surface area contributed by atoms with Crippen LogP contribution in [0.4, 0.5) is 4.39 Å². The molecular formula is C13H9Cl2FN2O. The Morgan fingerprint density at radius 2 is 2.16 bits per heavy atom. The van der Waals surface area contributed by atoms with Crippen LogP contribution in [0.1, 0.15) is 23.2 Å². The van der Waals surface area contributed by atoms with Crippen LogP contribution in [0, 0.1) is 23.1 Å². The van der Waals surface area contributed by atoms with Crippen molar-refractivity contribution in [2.75, 3.05) is 0 Å². The molecule has 3 nitrogen and oxygen atoms in total. The second-order valence-corrected chi connectivity index (χ2v) is 5.06. The summed E-state index contributed by atoms with van der Waals surface area (Å²) in [5.74, 6) is -2.38. The third kappa shape index (κ3) is 3.31. The number of Topliss-reactive ketones (excluding diaryl/α,β-unsaturated/α-hetero) is 1. The molecule has 0 saturated heterocycles. The number of halogens is 3. The molecule has 1 unspecified atom stereocenters. The van der Waals surface area contributed by atoms with Gasteiger partial charge in [0.25, 0.3) is 0 Å². The molecule has 0 heterocycles. The predicted octanol–water partition coefficient (Wildman–Crippen LogP) is 3.69. The molecule has 0 radical (unpaired) electrons. The Hall–Kier alpha value is -1.44. The lowest BCUT2D eigenvalue weighted by Crippen LogP contribution is -2.15. The van der Waals surface area contributed by atoms with Crippen LogP contribution in [-0.4, -0.2) is 18.0 Å². The first-order valence-corrected chi connectivity index (χ1v) is 6.40. The zero-order valence-corrected chi connectivity index (χ0v) is 11.2. The highest BCUT2D eigenvalue weighted by Crippen LogP contribution is 2.27. The number of carbonyl (C=O) groups excluding carboxylic acids is 1. The second-order valence-electron chi connectivity index (χ2n) is 4.25. The number of nitriles is 1. The largest absolute Gasteiger partial charge is 0.292 e. The molecular weight excluding hydrogens is 290 g/mol. The van der Waals surface area contributed by atoms with E-state index < -0.39 is 17.5 Å². The Morgan fingerprint density at radius 1 is 1.47 bits per heavy atom. The zero-order valence-electron chi connectivity index (χ0n) is 9.74. The van der Waals surface area contributed by atoms with Gasteiger partial charge in [0.15, 0.2) is 5.78 Å². The lowest BCUT2D eigenvalue weighted by atomic mass is 10.00. The lowest BCUT2D eigenvalue weighted by Gasteiger charge is -2.06. The molecule has 1 aromatic rings. The highest BCUT2D eigenvalue weighted by Gasteiger charge is 2.24. The van der Waals surface area contributed by atoms with Gasteiger partial charge in [0.05, 0.1) is 16.1 Å². The quantitative estimate of drug-likeness (QED) is 0.483. The second kappa shape index (κ2) is 5.68. The van der Waals surface area contributed by atoms with Crippen molar-refractivity contribution in [3.8, 4) is 6.07 Å². The van der Waals surface area contributed by atoms with Crippen LogP contribution in [0.25, 0.3) is 0 Å². The van der Waals surface area contributed by atoms with Crippen molar-refractivity contribution in [3.63, 3.8) is 0 Å². The fourth-order valence-electron chi connectivity index (χ4n) is 1.47. The summed E-state index contributed by atoms with van der Waals surface area (Å²) in [4.78, 5) is 16.2. The summed E-state index contributed by atoms with van der Waals surface area (Å²) in [7, 11) is 0. The summed E-state index contributed by atoms with van der Waals surface area (Å²) in [6.07, 6.45) is 3.25. The number of hydrogen-bond acceptors (Lipinski definition) is 3. The van der Waals surface area contributed by atoms with Crippen molar-refractivity contribution in [1.82, 2.24) is 0 Å². The van der Waals surface area contributed by atoms with Gasteiger partial charge in [-0.3, -0.25) is 9.79 Å². The maximum Gasteiger partial charge on any atom is 0.187 e. The number of hydrogen-bond donors (Lipinski definition) is 0. The molecule has 1 aromatic carbocycles. The van der Waals surface area contributed by atoms with E-state index in [1.165, 1.54) is 6.21 Å². The van der Waals surface area contributed by atoms with E-state index in [9.17, 15) is 9.18 Å². The molecule has 98 valence electrons. The predicted molar refractivity (Wildman–Crippen MR) is 71.4 cm³/mol. The fraction of sp³-hybridized carbons (Fsp3) is 0.308. The number of aliphatic imine (C=N–C) groups is 1. The first kappa shape index (κ1) is 14.0. The van der Waals surface area contributed by atoms with Crippen LogP contribution in [0.3, 0.4) is 0 Å². The van der Waals surface area contributed by atoms with Gasteiger partial charge in [0.2, 0.25) is 0 Å². The van der Waals surface area contributed by atoms with Crippen molar-refractivity contribution in [2.24, 2.45) is 10.9 Å². The van der Waals surface area contributed by atoms with Gasteiger partial charge in [0, 0.05) is 17.8 Å². The third-order valence-electron chi connectivity index (χ3n) is 2.69. The molecule has 0 aromatic heterocycles. The van der Waals surface area contributed by atoms with E-state index in [-0.39, 0.29) is 21.7 Å². The molecule has 1 saturated carbocycles. The Morgan fingerprint density at radius 3 is 2.74 bits per heavy atom. The van der Waals surface area contributed by atoms with E-state index in [0.29, 0.717) is 0 Å². The van der Waals surface area contributed by atoms with Crippen LogP contribution >= 0.6 is 23.2 Å². The van der Waals surface area contributed by atoms with E-state index >= 15 is 0 Å².